The van der Waals surface area contributed by atoms with Gasteiger partial charge in [-0.3, -0.25) is 4.79 Å². The van der Waals surface area contributed by atoms with Crippen LogP contribution in [0.5, 0.6) is 0 Å². The minimum atomic E-state index is 0.204. The van der Waals surface area contributed by atoms with Crippen LogP contribution < -0.4 is 5.43 Å². The van der Waals surface area contributed by atoms with Crippen LogP contribution in [-0.4, -0.2) is 4.98 Å². The van der Waals surface area contributed by atoms with E-state index in [2.05, 4.69) is 25.8 Å². The normalized spacial score (nSPS) is 18.5. The smallest absolute Gasteiger partial charge is 0.193 e. The van der Waals surface area contributed by atoms with E-state index >= 15 is 0 Å². The molecule has 0 spiro atoms. The molecule has 3 rings (SSSR count). The Morgan fingerprint density at radius 1 is 1.26 bits per heavy atom. The quantitative estimate of drug-likeness (QED) is 0.749. The first-order valence-electron chi connectivity index (χ1n) is 6.91. The molecule has 1 atom stereocenters. The third-order valence-electron chi connectivity index (χ3n) is 4.17. The Morgan fingerprint density at radius 2 is 2.00 bits per heavy atom. The van der Waals surface area contributed by atoms with Gasteiger partial charge in [0, 0.05) is 22.2 Å². The van der Waals surface area contributed by atoms with E-state index < -0.39 is 0 Å². The second-order valence-electron chi connectivity index (χ2n) is 5.71. The number of fused-ring (bicyclic) bond motifs is 2. The van der Waals surface area contributed by atoms with Gasteiger partial charge in [0.15, 0.2) is 5.43 Å². The lowest BCUT2D eigenvalue weighted by Crippen LogP contribution is -2.21. The van der Waals surface area contributed by atoms with Gasteiger partial charge in [0.1, 0.15) is 0 Å². The van der Waals surface area contributed by atoms with E-state index in [9.17, 15) is 4.79 Å². The average molecular weight is 253 g/mol. The molecule has 19 heavy (non-hydrogen) atoms. The van der Waals surface area contributed by atoms with Crippen molar-refractivity contribution in [1.29, 1.82) is 0 Å². The molecule has 0 bridgehead atoms. The van der Waals surface area contributed by atoms with Crippen molar-refractivity contribution >= 4 is 16.5 Å². The summed E-state index contributed by atoms with van der Waals surface area (Å²) in [4.78, 5) is 16.2. The number of allylic oxidation sites excluding steroid dienone is 2. The Balaban J connectivity index is 2.45. The number of aromatic nitrogens is 1. The minimum absolute atomic E-state index is 0.204. The van der Waals surface area contributed by atoms with Crippen LogP contribution in [0.25, 0.3) is 16.5 Å². The van der Waals surface area contributed by atoms with Crippen molar-refractivity contribution in [1.82, 2.24) is 4.98 Å². The summed E-state index contributed by atoms with van der Waals surface area (Å²) in [7, 11) is 0. The number of para-hydroxylation sites is 1. The summed E-state index contributed by atoms with van der Waals surface area (Å²) < 4.78 is 0. The second-order valence-corrected chi connectivity index (χ2v) is 5.71. The fourth-order valence-electron chi connectivity index (χ4n) is 3.09. The molecule has 1 N–H and O–H groups in total. The van der Waals surface area contributed by atoms with E-state index in [-0.39, 0.29) is 5.43 Å². The first kappa shape index (κ1) is 12.2. The first-order chi connectivity index (χ1) is 9.09. The van der Waals surface area contributed by atoms with Gasteiger partial charge in [-0.25, -0.2) is 0 Å². The molecule has 0 fully saturated rings. The van der Waals surface area contributed by atoms with Crippen molar-refractivity contribution in [3.63, 3.8) is 0 Å². The van der Waals surface area contributed by atoms with Gasteiger partial charge in [-0.2, -0.15) is 0 Å². The van der Waals surface area contributed by atoms with Crippen LogP contribution >= 0.6 is 0 Å². The topological polar surface area (TPSA) is 32.9 Å². The zero-order valence-corrected chi connectivity index (χ0v) is 11.7. The second kappa shape index (κ2) is 4.37. The van der Waals surface area contributed by atoms with Gasteiger partial charge in [-0.05, 0) is 50.3 Å². The van der Waals surface area contributed by atoms with Crippen LogP contribution in [0.3, 0.4) is 0 Å². The SMILES string of the molecule is CC(C)=C1CCC(C)c2c1[nH]c1ccccc1c2=O. The number of hydrogen-bond acceptors (Lipinski definition) is 1. The molecule has 1 aliphatic carbocycles. The van der Waals surface area contributed by atoms with Crippen LogP contribution in [-0.2, 0) is 0 Å². The van der Waals surface area contributed by atoms with Crippen molar-refractivity contribution in [2.24, 2.45) is 0 Å². The third kappa shape index (κ3) is 1.83. The Hall–Kier alpha value is -1.83. The Bertz CT molecular complexity index is 733. The van der Waals surface area contributed by atoms with Crippen molar-refractivity contribution < 1.29 is 0 Å². The molecule has 0 saturated heterocycles. The highest BCUT2D eigenvalue weighted by molar-refractivity contribution is 5.83. The van der Waals surface area contributed by atoms with Crippen molar-refractivity contribution in [3.8, 4) is 0 Å². The molecular weight excluding hydrogens is 234 g/mol. The highest BCUT2D eigenvalue weighted by atomic mass is 16.1. The molecule has 2 nitrogen and oxygen atoms in total. The van der Waals surface area contributed by atoms with E-state index in [1.807, 2.05) is 24.3 Å². The Labute approximate surface area is 113 Å². The Morgan fingerprint density at radius 3 is 2.74 bits per heavy atom. The highest BCUT2D eigenvalue weighted by Crippen LogP contribution is 2.37. The summed E-state index contributed by atoms with van der Waals surface area (Å²) in [5.41, 5.74) is 5.81. The first-order valence-corrected chi connectivity index (χ1v) is 6.91. The molecule has 2 heteroatoms. The molecule has 98 valence electrons. The predicted molar refractivity (Wildman–Crippen MR) is 80.5 cm³/mol. The largest absolute Gasteiger partial charge is 0.354 e. The lowest BCUT2D eigenvalue weighted by Gasteiger charge is -2.25. The molecule has 0 radical (unpaired) electrons. The highest BCUT2D eigenvalue weighted by Gasteiger charge is 2.25. The van der Waals surface area contributed by atoms with Crippen LogP contribution in [0.2, 0.25) is 0 Å². The number of nitrogens with one attached hydrogen (secondary N) is 1. The van der Waals surface area contributed by atoms with Gasteiger partial charge in [0.2, 0.25) is 0 Å². The molecular formula is C17H19NO. The van der Waals surface area contributed by atoms with Crippen molar-refractivity contribution in [2.75, 3.05) is 0 Å². The molecule has 1 aromatic heterocycles. The summed E-state index contributed by atoms with van der Waals surface area (Å²) in [6.07, 6.45) is 2.12. The van der Waals surface area contributed by atoms with Gasteiger partial charge in [-0.1, -0.05) is 24.6 Å². The van der Waals surface area contributed by atoms with E-state index in [1.165, 1.54) is 11.1 Å². The molecule has 0 amide bonds. The zero-order chi connectivity index (χ0) is 13.6. The number of H-pyrrole nitrogens is 1. The molecule has 1 heterocycles. The summed E-state index contributed by atoms with van der Waals surface area (Å²) in [5, 5.41) is 0.808. The van der Waals surface area contributed by atoms with Crippen molar-refractivity contribution in [2.45, 2.75) is 39.5 Å². The van der Waals surface area contributed by atoms with E-state index in [4.69, 9.17) is 0 Å². The molecule has 1 aliphatic rings. The maximum atomic E-state index is 12.7. The summed E-state index contributed by atoms with van der Waals surface area (Å²) in [5.74, 6) is 0.339. The predicted octanol–water partition coefficient (Wildman–Crippen LogP) is 4.22. The van der Waals surface area contributed by atoms with Gasteiger partial charge in [0.05, 0.1) is 0 Å². The van der Waals surface area contributed by atoms with Gasteiger partial charge >= 0.3 is 0 Å². The zero-order valence-electron chi connectivity index (χ0n) is 11.7. The molecule has 0 aliphatic heterocycles. The maximum Gasteiger partial charge on any atom is 0.193 e. The molecule has 0 saturated carbocycles. The standard InChI is InChI=1S/C17H19NO/c1-10(2)12-9-8-11(3)15-16(12)18-14-7-5-4-6-13(14)17(15)19/h4-7,11H,8-9H2,1-3H3,(H,18,19). The van der Waals surface area contributed by atoms with Gasteiger partial charge < -0.3 is 4.98 Å². The summed E-state index contributed by atoms with van der Waals surface area (Å²) in [6.45, 7) is 6.41. The minimum Gasteiger partial charge on any atom is -0.354 e. The number of rotatable bonds is 0. The molecule has 1 aromatic carbocycles. The number of aromatic amines is 1. The number of benzene rings is 1. The fraction of sp³-hybridized carbons (Fsp3) is 0.353. The number of pyridine rings is 1. The van der Waals surface area contributed by atoms with E-state index in [0.717, 1.165) is 35.0 Å². The van der Waals surface area contributed by atoms with Crippen LogP contribution in [0.4, 0.5) is 0 Å². The molecule has 1 unspecified atom stereocenters. The van der Waals surface area contributed by atoms with Crippen LogP contribution in [0.15, 0.2) is 34.6 Å². The summed E-state index contributed by atoms with van der Waals surface area (Å²) >= 11 is 0. The number of hydrogen-bond donors (Lipinski definition) is 1. The summed E-state index contributed by atoms with van der Waals surface area (Å²) in [6, 6.07) is 7.80. The van der Waals surface area contributed by atoms with Crippen LogP contribution in [0, 0.1) is 0 Å². The lowest BCUT2D eigenvalue weighted by molar-refractivity contribution is 0.663. The van der Waals surface area contributed by atoms with E-state index in [0.29, 0.717) is 5.92 Å². The van der Waals surface area contributed by atoms with Crippen LogP contribution in [0.1, 0.15) is 50.8 Å². The van der Waals surface area contributed by atoms with Gasteiger partial charge in [0.25, 0.3) is 0 Å². The average Bonchev–Trinajstić information content (AvgIpc) is 2.38. The Kier molecular flexibility index (Phi) is 2.81. The fourth-order valence-corrected chi connectivity index (χ4v) is 3.09. The van der Waals surface area contributed by atoms with Crippen molar-refractivity contribution in [3.05, 3.63) is 51.3 Å². The van der Waals surface area contributed by atoms with E-state index in [1.54, 1.807) is 0 Å². The van der Waals surface area contributed by atoms with Gasteiger partial charge in [-0.15, -0.1) is 0 Å². The monoisotopic (exact) mass is 253 g/mol. The lowest BCUT2D eigenvalue weighted by atomic mass is 9.81. The molecule has 2 aromatic rings. The third-order valence-corrected chi connectivity index (χ3v) is 4.17. The maximum absolute atomic E-state index is 12.7.